The molecular weight excluding hydrogens is 372 g/mol. The number of ketones is 2. The fourth-order valence-electron chi connectivity index (χ4n) is 2.57. The molecule has 146 valence electrons. The molecule has 0 heterocycles. The first-order valence-electron chi connectivity index (χ1n) is 7.96. The molecule has 0 spiro atoms. The largest absolute Gasteiger partial charge is 0.477 e. The number of hydrogen-bond donors (Lipinski definition) is 2. The van der Waals surface area contributed by atoms with Crippen LogP contribution in [0.4, 0.5) is 16.2 Å². The predicted octanol–water partition coefficient (Wildman–Crippen LogP) is 2.65. The van der Waals surface area contributed by atoms with E-state index in [-0.39, 0.29) is 28.2 Å². The van der Waals surface area contributed by atoms with Gasteiger partial charge in [0.1, 0.15) is 12.2 Å². The topological polar surface area (TPSA) is 153 Å². The van der Waals surface area contributed by atoms with Gasteiger partial charge < -0.3 is 9.84 Å². The number of allylic oxidation sites excluding steroid dienone is 3. The molecule has 0 saturated heterocycles. The Kier molecular flexibility index (Phi) is 5.73. The first-order chi connectivity index (χ1) is 13.0. The van der Waals surface area contributed by atoms with Crippen LogP contribution in [-0.4, -0.2) is 40.3 Å². The number of anilines is 1. The first kappa shape index (κ1) is 20.5. The average Bonchev–Trinajstić information content (AvgIpc) is 2.64. The molecule has 1 aliphatic carbocycles. The van der Waals surface area contributed by atoms with E-state index in [0.29, 0.717) is 5.57 Å². The number of Topliss-reactive ketones (excluding diaryl/α,β-unsaturated/α-hetero) is 2. The van der Waals surface area contributed by atoms with Gasteiger partial charge in [-0.05, 0) is 32.9 Å². The summed E-state index contributed by atoms with van der Waals surface area (Å²) in [6.45, 7) is 4.05. The summed E-state index contributed by atoms with van der Waals surface area (Å²) >= 11 is 0. The highest BCUT2D eigenvalue weighted by atomic mass is 16.6. The molecule has 1 amide bonds. The van der Waals surface area contributed by atoms with Crippen LogP contribution in [0.3, 0.4) is 0 Å². The smallest absolute Gasteiger partial charge is 0.411 e. The Balaban J connectivity index is 2.12. The lowest BCUT2D eigenvalue weighted by Gasteiger charge is -2.18. The van der Waals surface area contributed by atoms with Gasteiger partial charge in [-0.3, -0.25) is 25.0 Å². The second kappa shape index (κ2) is 7.82. The zero-order valence-corrected chi connectivity index (χ0v) is 15.2. The van der Waals surface area contributed by atoms with Gasteiger partial charge in [0.2, 0.25) is 0 Å². The first-order valence-corrected chi connectivity index (χ1v) is 7.96. The number of hydrogen-bond acceptors (Lipinski definition) is 7. The zero-order valence-electron chi connectivity index (χ0n) is 15.2. The third-order valence-electron chi connectivity index (χ3n) is 4.33. The molecular formula is C18H16N2O8. The number of rotatable bonds is 5. The molecule has 0 radical (unpaired) electrons. The van der Waals surface area contributed by atoms with E-state index in [1.165, 1.54) is 20.8 Å². The number of carboxylic acids is 1. The minimum absolute atomic E-state index is 0.0448. The van der Waals surface area contributed by atoms with E-state index in [0.717, 1.165) is 18.2 Å². The highest BCUT2D eigenvalue weighted by Gasteiger charge is 2.28. The second-order valence-electron chi connectivity index (χ2n) is 6.01. The number of carbonyl (C=O) groups excluding carboxylic acids is 3. The van der Waals surface area contributed by atoms with E-state index in [2.05, 4.69) is 5.32 Å². The Hall–Kier alpha value is -3.82. The standard InChI is InChI=1S/C18H16N2O8/c1-8-9(2)16(22)13(10(3)15(8)21)7-28-18(25)19-11-4-5-14(20(26)27)12(6-11)17(23)24/h4-6H,7H2,1-3H3,(H,19,25)(H,23,24). The molecule has 1 aromatic rings. The Morgan fingerprint density at radius 3 is 2.29 bits per heavy atom. The van der Waals surface area contributed by atoms with E-state index < -0.39 is 40.6 Å². The monoisotopic (exact) mass is 388 g/mol. The van der Waals surface area contributed by atoms with Gasteiger partial charge in [0.25, 0.3) is 5.69 Å². The zero-order chi connectivity index (χ0) is 21.2. The molecule has 10 nitrogen and oxygen atoms in total. The van der Waals surface area contributed by atoms with Crippen LogP contribution in [0.2, 0.25) is 0 Å². The number of nitro groups is 1. The van der Waals surface area contributed by atoms with Crippen LogP contribution in [0.5, 0.6) is 0 Å². The van der Waals surface area contributed by atoms with E-state index in [1.807, 2.05) is 0 Å². The molecule has 0 bridgehead atoms. The van der Waals surface area contributed by atoms with Crippen molar-refractivity contribution >= 4 is 35.0 Å². The quantitative estimate of drug-likeness (QED) is 0.443. The van der Waals surface area contributed by atoms with E-state index >= 15 is 0 Å². The van der Waals surface area contributed by atoms with Crippen LogP contribution >= 0.6 is 0 Å². The van der Waals surface area contributed by atoms with Crippen LogP contribution < -0.4 is 5.32 Å². The number of carboxylic acid groups (broad SMARTS) is 1. The lowest BCUT2D eigenvalue weighted by Crippen LogP contribution is -2.25. The van der Waals surface area contributed by atoms with Gasteiger partial charge in [0, 0.05) is 34.0 Å². The Morgan fingerprint density at radius 1 is 1.11 bits per heavy atom. The summed E-state index contributed by atoms with van der Waals surface area (Å²) in [7, 11) is 0. The number of aromatic carboxylic acids is 1. The molecule has 0 aliphatic heterocycles. The number of benzene rings is 1. The molecule has 10 heteroatoms. The molecule has 0 atom stereocenters. The lowest BCUT2D eigenvalue weighted by atomic mass is 9.86. The maximum Gasteiger partial charge on any atom is 0.411 e. The minimum Gasteiger partial charge on any atom is -0.477 e. The molecule has 1 aliphatic rings. The lowest BCUT2D eigenvalue weighted by molar-refractivity contribution is -0.385. The number of amides is 1. The van der Waals surface area contributed by atoms with E-state index in [9.17, 15) is 29.3 Å². The summed E-state index contributed by atoms with van der Waals surface area (Å²) in [6, 6.07) is 2.99. The van der Waals surface area contributed by atoms with Gasteiger partial charge in [-0.25, -0.2) is 9.59 Å². The third-order valence-corrected chi connectivity index (χ3v) is 4.33. The van der Waals surface area contributed by atoms with Crippen LogP contribution in [0.25, 0.3) is 0 Å². The highest BCUT2D eigenvalue weighted by Crippen LogP contribution is 2.25. The summed E-state index contributed by atoms with van der Waals surface area (Å²) in [4.78, 5) is 57.4. The van der Waals surface area contributed by atoms with Crippen molar-refractivity contribution in [1.82, 2.24) is 0 Å². The van der Waals surface area contributed by atoms with Gasteiger partial charge in [0.15, 0.2) is 11.6 Å². The number of nitrogens with zero attached hydrogens (tertiary/aromatic N) is 1. The maximum atomic E-state index is 12.3. The predicted molar refractivity (Wildman–Crippen MR) is 96.1 cm³/mol. The minimum atomic E-state index is -1.53. The molecule has 2 rings (SSSR count). The van der Waals surface area contributed by atoms with Gasteiger partial charge >= 0.3 is 12.1 Å². The van der Waals surface area contributed by atoms with Gasteiger partial charge in [-0.1, -0.05) is 0 Å². The highest BCUT2D eigenvalue weighted by molar-refractivity contribution is 6.24. The van der Waals surface area contributed by atoms with Crippen molar-refractivity contribution in [1.29, 1.82) is 0 Å². The summed E-state index contributed by atoms with van der Waals surface area (Å²) in [5.41, 5.74) is -0.431. The molecule has 28 heavy (non-hydrogen) atoms. The van der Waals surface area contributed by atoms with Crippen molar-refractivity contribution in [2.45, 2.75) is 20.8 Å². The Morgan fingerprint density at radius 2 is 1.71 bits per heavy atom. The van der Waals surface area contributed by atoms with Crippen molar-refractivity contribution in [3.63, 3.8) is 0 Å². The SMILES string of the molecule is CC1=C(C)C(=O)C(COC(=O)Nc2ccc([N+](=O)[O-])c(C(=O)O)c2)=C(C)C1=O. The van der Waals surface area contributed by atoms with Crippen molar-refractivity contribution in [3.05, 3.63) is 56.2 Å². The maximum absolute atomic E-state index is 12.3. The summed E-state index contributed by atoms with van der Waals surface area (Å²) < 4.78 is 4.95. The van der Waals surface area contributed by atoms with Crippen molar-refractivity contribution in [2.75, 3.05) is 11.9 Å². The molecule has 1 aromatic carbocycles. The summed E-state index contributed by atoms with van der Waals surface area (Å²) in [6.07, 6.45) is -1.02. The van der Waals surface area contributed by atoms with Crippen LogP contribution in [0.15, 0.2) is 40.5 Å². The number of carbonyl (C=O) groups is 4. The summed E-state index contributed by atoms with van der Waals surface area (Å²) in [5, 5.41) is 22.1. The van der Waals surface area contributed by atoms with E-state index in [4.69, 9.17) is 9.84 Å². The fraction of sp³-hybridized carbons (Fsp3) is 0.222. The van der Waals surface area contributed by atoms with Crippen LogP contribution in [0, 0.1) is 10.1 Å². The molecule has 0 unspecified atom stereocenters. The van der Waals surface area contributed by atoms with Crippen LogP contribution in [0.1, 0.15) is 31.1 Å². The van der Waals surface area contributed by atoms with Crippen molar-refractivity contribution in [3.8, 4) is 0 Å². The van der Waals surface area contributed by atoms with E-state index in [1.54, 1.807) is 0 Å². The van der Waals surface area contributed by atoms with Crippen molar-refractivity contribution < 1.29 is 33.9 Å². The van der Waals surface area contributed by atoms with Gasteiger partial charge in [-0.15, -0.1) is 0 Å². The number of ether oxygens (including phenoxy) is 1. The summed E-state index contributed by atoms with van der Waals surface area (Å²) in [5.74, 6) is -2.24. The molecule has 0 fully saturated rings. The number of nitrogens with one attached hydrogen (secondary N) is 1. The molecule has 2 N–H and O–H groups in total. The van der Waals surface area contributed by atoms with Crippen molar-refractivity contribution in [2.24, 2.45) is 0 Å². The second-order valence-corrected chi connectivity index (χ2v) is 6.01. The average molecular weight is 388 g/mol. The third kappa shape index (κ3) is 3.95. The van der Waals surface area contributed by atoms with Gasteiger partial charge in [-0.2, -0.15) is 0 Å². The fourth-order valence-corrected chi connectivity index (χ4v) is 2.57. The van der Waals surface area contributed by atoms with Gasteiger partial charge in [0.05, 0.1) is 4.92 Å². The Bertz CT molecular complexity index is 987. The molecule has 0 aromatic heterocycles. The normalized spacial score (nSPS) is 14.2. The Labute approximate surface area is 158 Å². The molecule has 0 saturated carbocycles. The number of nitro benzene ring substituents is 1. The van der Waals surface area contributed by atoms with Crippen LogP contribution in [-0.2, 0) is 14.3 Å².